The summed E-state index contributed by atoms with van der Waals surface area (Å²) in [5, 5.41) is 9.10. The molecule has 2 heterocycles. The van der Waals surface area contributed by atoms with Crippen LogP contribution in [0.5, 0.6) is 0 Å². The molecule has 1 unspecified atom stereocenters. The van der Waals surface area contributed by atoms with Gasteiger partial charge in [-0.1, -0.05) is 18.5 Å². The third-order valence-corrected chi connectivity index (χ3v) is 5.30. The van der Waals surface area contributed by atoms with Gasteiger partial charge >= 0.3 is 0 Å². The van der Waals surface area contributed by atoms with E-state index in [1.807, 2.05) is 11.7 Å². The van der Waals surface area contributed by atoms with Crippen molar-refractivity contribution in [3.05, 3.63) is 16.4 Å². The number of hydrogen-bond acceptors (Lipinski definition) is 3. The smallest absolute Gasteiger partial charge is 0.0863 e. The predicted octanol–water partition coefficient (Wildman–Crippen LogP) is 2.21. The zero-order chi connectivity index (χ0) is 14.3. The Balaban J connectivity index is 1.72. The zero-order valence-corrected chi connectivity index (χ0v) is 13.5. The topological polar surface area (TPSA) is 33.1 Å². The molecule has 0 spiro atoms. The highest BCUT2D eigenvalue weighted by Gasteiger charge is 2.43. The molecule has 20 heavy (non-hydrogen) atoms. The largest absolute Gasteiger partial charge is 0.309 e. The van der Waals surface area contributed by atoms with Gasteiger partial charge in [0.2, 0.25) is 0 Å². The molecule has 0 bridgehead atoms. The van der Waals surface area contributed by atoms with Crippen molar-refractivity contribution in [2.24, 2.45) is 13.0 Å². The van der Waals surface area contributed by atoms with E-state index in [0.29, 0.717) is 0 Å². The molecule has 2 aliphatic rings. The fourth-order valence-corrected chi connectivity index (χ4v) is 3.78. The Hall–Kier alpha value is -0.580. The van der Waals surface area contributed by atoms with E-state index in [1.165, 1.54) is 12.8 Å². The molecule has 1 saturated carbocycles. The lowest BCUT2D eigenvalue weighted by Gasteiger charge is -2.42. The second kappa shape index (κ2) is 5.32. The number of nitrogens with zero attached hydrogens (tertiary/aromatic N) is 3. The molecule has 0 aromatic carbocycles. The molecule has 1 aliphatic carbocycles. The van der Waals surface area contributed by atoms with Crippen LogP contribution in [0.15, 0.2) is 0 Å². The minimum Gasteiger partial charge on any atom is -0.309 e. The SMILES string of the molecule is CCc1nn(C)c(CN2CCNC(C)(C3CC3)C2)c1Cl. The number of hydrogen-bond donors (Lipinski definition) is 1. The zero-order valence-electron chi connectivity index (χ0n) is 12.7. The van der Waals surface area contributed by atoms with Crippen LogP contribution in [-0.2, 0) is 20.0 Å². The summed E-state index contributed by atoms with van der Waals surface area (Å²) in [6, 6.07) is 0. The van der Waals surface area contributed by atoms with E-state index in [0.717, 1.165) is 54.9 Å². The van der Waals surface area contributed by atoms with Gasteiger partial charge in [0.05, 0.1) is 16.4 Å². The van der Waals surface area contributed by atoms with Crippen molar-refractivity contribution >= 4 is 11.6 Å². The number of rotatable bonds is 4. The molecule has 112 valence electrons. The van der Waals surface area contributed by atoms with E-state index in [9.17, 15) is 0 Å². The summed E-state index contributed by atoms with van der Waals surface area (Å²) in [6.07, 6.45) is 3.65. The maximum Gasteiger partial charge on any atom is 0.0863 e. The fraction of sp³-hybridized carbons (Fsp3) is 0.800. The van der Waals surface area contributed by atoms with Crippen molar-refractivity contribution in [2.75, 3.05) is 19.6 Å². The normalized spacial score (nSPS) is 28.0. The van der Waals surface area contributed by atoms with Crippen molar-refractivity contribution in [3.63, 3.8) is 0 Å². The van der Waals surface area contributed by atoms with Gasteiger partial charge in [0.1, 0.15) is 0 Å². The number of piperazine rings is 1. The van der Waals surface area contributed by atoms with E-state index < -0.39 is 0 Å². The summed E-state index contributed by atoms with van der Waals surface area (Å²) in [6.45, 7) is 8.66. The summed E-state index contributed by atoms with van der Waals surface area (Å²) < 4.78 is 1.96. The van der Waals surface area contributed by atoms with Crippen molar-refractivity contribution in [2.45, 2.75) is 45.2 Å². The second-order valence-electron chi connectivity index (χ2n) is 6.51. The van der Waals surface area contributed by atoms with Gasteiger partial charge in [0.25, 0.3) is 0 Å². The molecule has 1 atom stereocenters. The van der Waals surface area contributed by atoms with Gasteiger partial charge in [-0.05, 0) is 32.1 Å². The van der Waals surface area contributed by atoms with Crippen molar-refractivity contribution in [1.29, 1.82) is 0 Å². The summed E-state index contributed by atoms with van der Waals surface area (Å²) in [5.74, 6) is 0.860. The lowest BCUT2D eigenvalue weighted by Crippen LogP contribution is -2.59. The molecule has 3 rings (SSSR count). The highest BCUT2D eigenvalue weighted by molar-refractivity contribution is 6.31. The van der Waals surface area contributed by atoms with E-state index >= 15 is 0 Å². The minimum absolute atomic E-state index is 0.289. The van der Waals surface area contributed by atoms with Gasteiger partial charge in [-0.3, -0.25) is 9.58 Å². The van der Waals surface area contributed by atoms with Crippen LogP contribution in [0.1, 0.15) is 38.1 Å². The van der Waals surface area contributed by atoms with E-state index in [2.05, 4.69) is 29.2 Å². The summed E-state index contributed by atoms with van der Waals surface area (Å²) in [4.78, 5) is 2.52. The quantitative estimate of drug-likeness (QED) is 0.925. The predicted molar refractivity (Wildman–Crippen MR) is 82.0 cm³/mol. The highest BCUT2D eigenvalue weighted by Crippen LogP contribution is 2.41. The van der Waals surface area contributed by atoms with Crippen LogP contribution in [-0.4, -0.2) is 39.9 Å². The van der Waals surface area contributed by atoms with Crippen molar-refractivity contribution < 1.29 is 0 Å². The third kappa shape index (κ3) is 2.61. The lowest BCUT2D eigenvalue weighted by molar-refractivity contribution is 0.119. The van der Waals surface area contributed by atoms with Gasteiger partial charge < -0.3 is 5.32 Å². The fourth-order valence-electron chi connectivity index (χ4n) is 3.43. The molecule has 0 amide bonds. The van der Waals surface area contributed by atoms with E-state index in [4.69, 9.17) is 11.6 Å². The molecule has 1 aromatic heterocycles. The maximum absolute atomic E-state index is 6.47. The molecule has 0 radical (unpaired) electrons. The number of halogens is 1. The van der Waals surface area contributed by atoms with Crippen LogP contribution in [0.4, 0.5) is 0 Å². The first kappa shape index (κ1) is 14.4. The first-order valence-corrected chi connectivity index (χ1v) is 8.09. The minimum atomic E-state index is 0.289. The molecule has 1 saturated heterocycles. The van der Waals surface area contributed by atoms with Crippen molar-refractivity contribution in [3.8, 4) is 0 Å². The standard InChI is InChI=1S/C15H25ClN4/c1-4-12-14(16)13(19(3)18-12)9-20-8-7-17-15(2,10-20)11-5-6-11/h11,17H,4-10H2,1-3H3. The van der Waals surface area contributed by atoms with Crippen LogP contribution in [0.25, 0.3) is 0 Å². The Labute approximate surface area is 126 Å². The highest BCUT2D eigenvalue weighted by atomic mass is 35.5. The second-order valence-corrected chi connectivity index (χ2v) is 6.89. The maximum atomic E-state index is 6.47. The molecular formula is C15H25ClN4. The van der Waals surface area contributed by atoms with Gasteiger partial charge in [-0.25, -0.2) is 0 Å². The van der Waals surface area contributed by atoms with Crippen LogP contribution in [0.3, 0.4) is 0 Å². The van der Waals surface area contributed by atoms with Crippen molar-refractivity contribution in [1.82, 2.24) is 20.0 Å². The summed E-state index contributed by atoms with van der Waals surface area (Å²) in [5.41, 5.74) is 2.46. The number of nitrogens with one attached hydrogen (secondary N) is 1. The van der Waals surface area contributed by atoms with Crippen LogP contribution >= 0.6 is 11.6 Å². The molecule has 1 aliphatic heterocycles. The molecule has 1 N–H and O–H groups in total. The Morgan fingerprint density at radius 1 is 1.45 bits per heavy atom. The van der Waals surface area contributed by atoms with Gasteiger partial charge in [0, 0.05) is 38.8 Å². The van der Waals surface area contributed by atoms with Gasteiger partial charge in [-0.15, -0.1) is 0 Å². The monoisotopic (exact) mass is 296 g/mol. The lowest BCUT2D eigenvalue weighted by atomic mass is 9.93. The Morgan fingerprint density at radius 3 is 2.80 bits per heavy atom. The van der Waals surface area contributed by atoms with E-state index in [-0.39, 0.29) is 5.54 Å². The van der Waals surface area contributed by atoms with Gasteiger partial charge in [0.15, 0.2) is 0 Å². The summed E-state index contributed by atoms with van der Waals surface area (Å²) >= 11 is 6.47. The third-order valence-electron chi connectivity index (χ3n) is 4.86. The summed E-state index contributed by atoms with van der Waals surface area (Å²) in [7, 11) is 2.00. The molecule has 4 nitrogen and oxygen atoms in total. The average molecular weight is 297 g/mol. The molecule has 5 heteroatoms. The molecule has 1 aromatic rings. The Bertz CT molecular complexity index is 494. The van der Waals surface area contributed by atoms with Crippen LogP contribution in [0, 0.1) is 5.92 Å². The molecular weight excluding hydrogens is 272 g/mol. The molecule has 2 fully saturated rings. The average Bonchev–Trinajstić information content (AvgIpc) is 3.23. The Kier molecular flexibility index (Phi) is 3.82. The van der Waals surface area contributed by atoms with Gasteiger partial charge in [-0.2, -0.15) is 5.10 Å². The Morgan fingerprint density at radius 2 is 2.20 bits per heavy atom. The van der Waals surface area contributed by atoms with Crippen LogP contribution in [0.2, 0.25) is 5.02 Å². The van der Waals surface area contributed by atoms with E-state index in [1.54, 1.807) is 0 Å². The first-order valence-electron chi connectivity index (χ1n) is 7.71. The van der Waals surface area contributed by atoms with Crippen LogP contribution < -0.4 is 5.32 Å². The first-order chi connectivity index (χ1) is 9.53. The number of aromatic nitrogens is 2. The number of aryl methyl sites for hydroxylation is 2.